The molecule has 2 saturated heterocycles. The summed E-state index contributed by atoms with van der Waals surface area (Å²) in [5, 5.41) is 50.2. The van der Waals surface area contributed by atoms with Crippen molar-refractivity contribution in [2.75, 3.05) is 13.2 Å². The number of carbonyl (C=O) groups is 2. The molecule has 0 unspecified atom stereocenters. The molecule has 5 N–H and O–H groups in total. The molecule has 0 radical (unpaired) electrons. The van der Waals surface area contributed by atoms with Crippen LogP contribution in [0.15, 0.2) is 42.7 Å². The fraction of sp³-hybridized carbons (Fsp3) is 0.478. The lowest BCUT2D eigenvalue weighted by molar-refractivity contribution is -0.338. The van der Waals surface area contributed by atoms with Crippen LogP contribution in [-0.2, 0) is 28.5 Å². The first-order valence-electron chi connectivity index (χ1n) is 10.9. The number of aromatic hydroxyl groups is 2. The van der Waals surface area contributed by atoms with Crippen LogP contribution in [0, 0.1) is 11.8 Å². The zero-order chi connectivity index (χ0) is 25.3. The number of phenols is 2. The summed E-state index contributed by atoms with van der Waals surface area (Å²) in [5.74, 6) is -3.83. The normalized spacial score (nSPS) is 34.6. The Morgan fingerprint density at radius 2 is 1.97 bits per heavy atom. The molecule has 1 aromatic carbocycles. The van der Waals surface area contributed by atoms with Crippen LogP contribution >= 0.6 is 0 Å². The third-order valence-electron chi connectivity index (χ3n) is 6.25. The van der Waals surface area contributed by atoms with Crippen LogP contribution in [0.3, 0.4) is 0 Å². The summed E-state index contributed by atoms with van der Waals surface area (Å²) in [4.78, 5) is 24.8. The number of ether oxygens (including phenoxy) is 5. The number of cyclic esters (lactones) is 1. The van der Waals surface area contributed by atoms with Gasteiger partial charge in [0.15, 0.2) is 17.6 Å². The highest BCUT2D eigenvalue weighted by molar-refractivity contribution is 5.93. The molecule has 0 bridgehead atoms. The Hall–Kier alpha value is -3.16. The van der Waals surface area contributed by atoms with Gasteiger partial charge in [-0.25, -0.2) is 9.59 Å². The number of phenolic OH excluding ortho intramolecular Hbond substituents is 2. The van der Waals surface area contributed by atoms with Crippen molar-refractivity contribution in [3.63, 3.8) is 0 Å². The molecule has 12 heteroatoms. The van der Waals surface area contributed by atoms with E-state index in [0.717, 1.165) is 6.07 Å². The van der Waals surface area contributed by atoms with Crippen molar-refractivity contribution in [3.05, 3.63) is 48.3 Å². The van der Waals surface area contributed by atoms with Crippen LogP contribution in [0.1, 0.15) is 16.8 Å². The Labute approximate surface area is 199 Å². The highest BCUT2D eigenvalue weighted by atomic mass is 16.8. The lowest BCUT2D eigenvalue weighted by atomic mass is 9.81. The Balaban J connectivity index is 1.59. The van der Waals surface area contributed by atoms with E-state index in [0.29, 0.717) is 12.0 Å². The van der Waals surface area contributed by atoms with Crippen molar-refractivity contribution in [1.29, 1.82) is 0 Å². The standard InChI is InChI=1S/C23H26O12/c1-2-10-11-6-7-31-20(29)13(11)9-32-22(10)35-23-19(18(28)17(27)15(8-24)33-23)34-21(30)12-4-3-5-14(25)16(12)26/h2-5,9-11,15,17-19,22-28H,1,6-8H2/t10-,11+,15-,17-,18+,19-,22-,23+/m1/s1. The molecule has 3 heterocycles. The lowest BCUT2D eigenvalue weighted by Gasteiger charge is -2.44. The molecule has 8 atom stereocenters. The second-order valence-electron chi connectivity index (χ2n) is 8.31. The molecule has 0 spiro atoms. The van der Waals surface area contributed by atoms with Crippen LogP contribution in [-0.4, -0.2) is 87.7 Å². The maximum atomic E-state index is 12.7. The summed E-state index contributed by atoms with van der Waals surface area (Å²) in [7, 11) is 0. The zero-order valence-electron chi connectivity index (χ0n) is 18.4. The lowest BCUT2D eigenvalue weighted by Crippen LogP contribution is -2.61. The summed E-state index contributed by atoms with van der Waals surface area (Å²) in [6.07, 6.45) is -5.70. The van der Waals surface area contributed by atoms with Gasteiger partial charge >= 0.3 is 11.9 Å². The number of rotatable bonds is 6. The topological polar surface area (TPSA) is 181 Å². The Morgan fingerprint density at radius 3 is 2.69 bits per heavy atom. The minimum absolute atomic E-state index is 0.197. The van der Waals surface area contributed by atoms with E-state index in [1.807, 2.05) is 0 Å². The number of hydrogen-bond donors (Lipinski definition) is 5. The van der Waals surface area contributed by atoms with Crippen LogP contribution < -0.4 is 0 Å². The molecule has 0 aromatic heterocycles. The predicted molar refractivity (Wildman–Crippen MR) is 114 cm³/mol. The number of aliphatic hydroxyl groups excluding tert-OH is 3. The second-order valence-corrected chi connectivity index (χ2v) is 8.31. The molecule has 3 aliphatic heterocycles. The summed E-state index contributed by atoms with van der Waals surface area (Å²) in [6.45, 7) is 3.30. The van der Waals surface area contributed by atoms with Crippen LogP contribution in [0.5, 0.6) is 11.5 Å². The van der Waals surface area contributed by atoms with E-state index in [9.17, 15) is 35.1 Å². The minimum atomic E-state index is -1.75. The van der Waals surface area contributed by atoms with Crippen molar-refractivity contribution < 1.29 is 58.8 Å². The number of fused-ring (bicyclic) bond motifs is 1. The van der Waals surface area contributed by atoms with E-state index in [1.54, 1.807) is 0 Å². The van der Waals surface area contributed by atoms with Crippen molar-refractivity contribution >= 4 is 11.9 Å². The largest absolute Gasteiger partial charge is 0.504 e. The molecule has 4 rings (SSSR count). The van der Waals surface area contributed by atoms with Gasteiger partial charge in [0.2, 0.25) is 12.6 Å². The monoisotopic (exact) mass is 494 g/mol. The molecule has 0 amide bonds. The molecule has 1 aromatic rings. The molecule has 190 valence electrons. The number of aliphatic hydroxyl groups is 3. The quantitative estimate of drug-likeness (QED) is 0.198. The average Bonchev–Trinajstić information content (AvgIpc) is 2.85. The SMILES string of the molecule is C=C[C@H]1[C@@H](O[C@@H]2O[C@H](CO)[C@@H](O)[C@H](O)[C@H]2OC(=O)c2cccc(O)c2O)OC=C2C(=O)OCC[C@H]21. The molecule has 35 heavy (non-hydrogen) atoms. The first-order valence-corrected chi connectivity index (χ1v) is 10.9. The van der Waals surface area contributed by atoms with Crippen molar-refractivity contribution in [2.24, 2.45) is 11.8 Å². The summed E-state index contributed by atoms with van der Waals surface area (Å²) >= 11 is 0. The van der Waals surface area contributed by atoms with Crippen LogP contribution in [0.25, 0.3) is 0 Å². The van der Waals surface area contributed by atoms with Gasteiger partial charge in [0.1, 0.15) is 23.9 Å². The number of hydrogen-bond acceptors (Lipinski definition) is 12. The summed E-state index contributed by atoms with van der Waals surface area (Å²) < 4.78 is 27.4. The van der Waals surface area contributed by atoms with Crippen molar-refractivity contribution in [1.82, 2.24) is 0 Å². The fourth-order valence-corrected chi connectivity index (χ4v) is 4.33. The maximum Gasteiger partial charge on any atom is 0.342 e. The molecule has 12 nitrogen and oxygen atoms in total. The van der Waals surface area contributed by atoms with Crippen LogP contribution in [0.2, 0.25) is 0 Å². The fourth-order valence-electron chi connectivity index (χ4n) is 4.33. The van der Waals surface area contributed by atoms with Gasteiger partial charge in [-0.15, -0.1) is 6.58 Å². The summed E-state index contributed by atoms with van der Waals surface area (Å²) in [6, 6.07) is 3.64. The van der Waals surface area contributed by atoms with Crippen LogP contribution in [0.4, 0.5) is 0 Å². The first-order chi connectivity index (χ1) is 16.8. The smallest absolute Gasteiger partial charge is 0.342 e. The Morgan fingerprint density at radius 1 is 1.20 bits per heavy atom. The van der Waals surface area contributed by atoms with E-state index in [2.05, 4.69) is 6.58 Å². The van der Waals surface area contributed by atoms with E-state index in [1.165, 1.54) is 24.5 Å². The van der Waals surface area contributed by atoms with E-state index >= 15 is 0 Å². The van der Waals surface area contributed by atoms with E-state index in [4.69, 9.17) is 23.7 Å². The number of esters is 2. The van der Waals surface area contributed by atoms with Gasteiger partial charge in [-0.3, -0.25) is 0 Å². The van der Waals surface area contributed by atoms with Crippen molar-refractivity contribution in [2.45, 2.75) is 43.4 Å². The zero-order valence-corrected chi connectivity index (χ0v) is 18.4. The van der Waals surface area contributed by atoms with E-state index < -0.39 is 78.5 Å². The molecular formula is C23H26O12. The molecule has 0 saturated carbocycles. The van der Waals surface area contributed by atoms with Gasteiger partial charge < -0.3 is 49.2 Å². The molecule has 0 aliphatic carbocycles. The van der Waals surface area contributed by atoms with Gasteiger partial charge in [0, 0.05) is 11.8 Å². The van der Waals surface area contributed by atoms with Crippen molar-refractivity contribution in [3.8, 4) is 11.5 Å². The summed E-state index contributed by atoms with van der Waals surface area (Å²) in [5.41, 5.74) is -0.0857. The van der Waals surface area contributed by atoms with Gasteiger partial charge in [-0.1, -0.05) is 12.1 Å². The number of carbonyl (C=O) groups excluding carboxylic acids is 2. The Kier molecular flexibility index (Phi) is 7.28. The number of benzene rings is 1. The second kappa shape index (κ2) is 10.2. The maximum absolute atomic E-state index is 12.7. The Bertz CT molecular complexity index is 1010. The number of para-hydroxylation sites is 1. The molecular weight excluding hydrogens is 468 g/mol. The van der Waals surface area contributed by atoms with Gasteiger partial charge in [0.25, 0.3) is 0 Å². The van der Waals surface area contributed by atoms with Gasteiger partial charge in [0.05, 0.1) is 25.0 Å². The minimum Gasteiger partial charge on any atom is -0.504 e. The van der Waals surface area contributed by atoms with E-state index in [-0.39, 0.29) is 12.5 Å². The van der Waals surface area contributed by atoms with Gasteiger partial charge in [-0.2, -0.15) is 0 Å². The highest BCUT2D eigenvalue weighted by Gasteiger charge is 2.50. The first kappa shape index (κ1) is 24.9. The third-order valence-corrected chi connectivity index (χ3v) is 6.25. The molecule has 2 fully saturated rings. The van der Waals surface area contributed by atoms with Gasteiger partial charge in [-0.05, 0) is 18.6 Å². The third kappa shape index (κ3) is 4.70. The average molecular weight is 494 g/mol. The molecule has 3 aliphatic rings. The predicted octanol–water partition coefficient (Wildman–Crippen LogP) is -0.316. The highest BCUT2D eigenvalue weighted by Crippen LogP contribution is 2.39.